The Hall–Kier alpha value is -3.74. The smallest absolute Gasteiger partial charge is 0.282 e. The summed E-state index contributed by atoms with van der Waals surface area (Å²) in [4.78, 5) is 36.1. The molecule has 25 heavy (non-hydrogen) atoms. The number of carbonyl (C=O) groups is 2. The SMILES string of the molecule is O=C1c2cccc3cccc(c23)C(=O)N1Nc1ccccc1[N+](=O)[O-]. The van der Waals surface area contributed by atoms with E-state index in [2.05, 4.69) is 5.43 Å². The third-order valence-corrected chi connectivity index (χ3v) is 4.10. The second-order valence-corrected chi connectivity index (χ2v) is 5.54. The van der Waals surface area contributed by atoms with E-state index in [9.17, 15) is 19.7 Å². The van der Waals surface area contributed by atoms with Crippen LogP contribution in [0, 0.1) is 10.1 Å². The Bertz CT molecular complexity index is 1010. The molecule has 0 aromatic heterocycles. The molecule has 2 amide bonds. The molecular formula is C18H11N3O4. The second-order valence-electron chi connectivity index (χ2n) is 5.54. The summed E-state index contributed by atoms with van der Waals surface area (Å²) in [5.74, 6) is -1.10. The van der Waals surface area contributed by atoms with Crippen LogP contribution in [0.3, 0.4) is 0 Å². The number of imide groups is 1. The van der Waals surface area contributed by atoms with Crippen LogP contribution in [0.2, 0.25) is 0 Å². The van der Waals surface area contributed by atoms with E-state index in [0.717, 1.165) is 10.4 Å². The maximum atomic E-state index is 12.8. The highest BCUT2D eigenvalue weighted by Gasteiger charge is 2.34. The number of nitrogens with zero attached hydrogens (tertiary/aromatic N) is 2. The van der Waals surface area contributed by atoms with Crippen LogP contribution in [0.25, 0.3) is 10.8 Å². The van der Waals surface area contributed by atoms with Gasteiger partial charge in [-0.2, -0.15) is 5.01 Å². The van der Waals surface area contributed by atoms with Crippen molar-refractivity contribution in [1.82, 2.24) is 5.01 Å². The zero-order valence-corrected chi connectivity index (χ0v) is 12.8. The van der Waals surface area contributed by atoms with E-state index >= 15 is 0 Å². The Balaban J connectivity index is 1.83. The number of para-hydroxylation sites is 2. The lowest BCUT2D eigenvalue weighted by Crippen LogP contribution is -2.44. The molecule has 1 aliphatic heterocycles. The van der Waals surface area contributed by atoms with E-state index in [1.807, 2.05) is 12.1 Å². The maximum absolute atomic E-state index is 12.8. The summed E-state index contributed by atoms with van der Waals surface area (Å²) >= 11 is 0. The monoisotopic (exact) mass is 333 g/mol. The van der Waals surface area contributed by atoms with E-state index in [-0.39, 0.29) is 11.4 Å². The summed E-state index contributed by atoms with van der Waals surface area (Å²) in [6, 6.07) is 16.2. The van der Waals surface area contributed by atoms with Crippen LogP contribution in [-0.4, -0.2) is 21.7 Å². The zero-order chi connectivity index (χ0) is 17.6. The van der Waals surface area contributed by atoms with Gasteiger partial charge in [0, 0.05) is 11.5 Å². The lowest BCUT2D eigenvalue weighted by Gasteiger charge is -2.27. The maximum Gasteiger partial charge on any atom is 0.294 e. The van der Waals surface area contributed by atoms with Gasteiger partial charge in [-0.25, -0.2) is 0 Å². The van der Waals surface area contributed by atoms with Crippen molar-refractivity contribution in [3.63, 3.8) is 0 Å². The standard InChI is InChI=1S/C18H11N3O4/c22-17-12-7-3-5-11-6-4-8-13(16(11)12)18(23)20(17)19-14-9-1-2-10-15(14)21(24)25/h1-10,19H. The number of nitrogens with one attached hydrogen (secondary N) is 1. The first-order valence-corrected chi connectivity index (χ1v) is 7.48. The number of hydrogen-bond donors (Lipinski definition) is 1. The van der Waals surface area contributed by atoms with Crippen molar-refractivity contribution in [2.45, 2.75) is 0 Å². The zero-order valence-electron chi connectivity index (χ0n) is 12.8. The Morgan fingerprint density at radius 1 is 0.840 bits per heavy atom. The molecule has 1 N–H and O–H groups in total. The molecule has 0 aliphatic carbocycles. The molecule has 0 saturated carbocycles. The quantitative estimate of drug-likeness (QED) is 0.451. The van der Waals surface area contributed by atoms with Crippen molar-refractivity contribution in [1.29, 1.82) is 0 Å². The first-order valence-electron chi connectivity index (χ1n) is 7.48. The van der Waals surface area contributed by atoms with E-state index in [1.165, 1.54) is 18.2 Å². The summed E-state index contributed by atoms with van der Waals surface area (Å²) in [6.45, 7) is 0. The van der Waals surface area contributed by atoms with Gasteiger partial charge in [0.05, 0.1) is 16.1 Å². The number of benzene rings is 3. The fourth-order valence-electron chi connectivity index (χ4n) is 2.98. The molecule has 0 spiro atoms. The molecule has 7 nitrogen and oxygen atoms in total. The average Bonchev–Trinajstić information content (AvgIpc) is 2.63. The van der Waals surface area contributed by atoms with Crippen LogP contribution in [-0.2, 0) is 0 Å². The van der Waals surface area contributed by atoms with E-state index in [1.54, 1.807) is 30.3 Å². The number of rotatable bonds is 3. The fraction of sp³-hybridized carbons (Fsp3) is 0. The van der Waals surface area contributed by atoms with Crippen LogP contribution in [0.5, 0.6) is 0 Å². The average molecular weight is 333 g/mol. The molecule has 122 valence electrons. The molecule has 4 rings (SSSR count). The highest BCUT2D eigenvalue weighted by atomic mass is 16.6. The van der Waals surface area contributed by atoms with Crippen LogP contribution >= 0.6 is 0 Å². The molecular weight excluding hydrogens is 322 g/mol. The highest BCUT2D eigenvalue weighted by molar-refractivity contribution is 6.25. The van der Waals surface area contributed by atoms with Gasteiger partial charge in [-0.15, -0.1) is 0 Å². The van der Waals surface area contributed by atoms with Gasteiger partial charge < -0.3 is 0 Å². The third kappa shape index (κ3) is 2.21. The number of anilines is 1. The van der Waals surface area contributed by atoms with Crippen molar-refractivity contribution in [3.8, 4) is 0 Å². The molecule has 3 aromatic rings. The lowest BCUT2D eigenvalue weighted by molar-refractivity contribution is -0.384. The number of nitro groups is 1. The van der Waals surface area contributed by atoms with Gasteiger partial charge in [-0.3, -0.25) is 25.1 Å². The topological polar surface area (TPSA) is 92.6 Å². The molecule has 1 aliphatic rings. The molecule has 0 saturated heterocycles. The van der Waals surface area contributed by atoms with E-state index in [4.69, 9.17) is 0 Å². The summed E-state index contributed by atoms with van der Waals surface area (Å²) < 4.78 is 0. The summed E-state index contributed by atoms with van der Waals surface area (Å²) in [6.07, 6.45) is 0. The third-order valence-electron chi connectivity index (χ3n) is 4.10. The predicted octanol–water partition coefficient (Wildman–Crippen LogP) is 3.37. The van der Waals surface area contributed by atoms with Crippen LogP contribution < -0.4 is 5.43 Å². The van der Waals surface area contributed by atoms with Crippen molar-refractivity contribution >= 4 is 34.0 Å². The first-order chi connectivity index (χ1) is 12.1. The molecule has 0 unspecified atom stereocenters. The number of nitro benzene ring substituents is 1. The Labute approximate surface area is 141 Å². The lowest BCUT2D eigenvalue weighted by atomic mass is 9.95. The number of hydrazine groups is 1. The van der Waals surface area contributed by atoms with Crippen molar-refractivity contribution in [2.75, 3.05) is 5.43 Å². The van der Waals surface area contributed by atoms with Gasteiger partial charge in [0.15, 0.2) is 0 Å². The van der Waals surface area contributed by atoms with Gasteiger partial charge in [0.25, 0.3) is 17.5 Å². The molecule has 0 fully saturated rings. The van der Waals surface area contributed by atoms with Gasteiger partial charge in [0.2, 0.25) is 0 Å². The number of amides is 2. The van der Waals surface area contributed by atoms with Gasteiger partial charge in [0.1, 0.15) is 5.69 Å². The summed E-state index contributed by atoms with van der Waals surface area (Å²) in [5, 5.41) is 13.4. The van der Waals surface area contributed by atoms with Gasteiger partial charge in [-0.1, -0.05) is 36.4 Å². The molecule has 0 atom stereocenters. The summed E-state index contributed by atoms with van der Waals surface area (Å²) in [5.41, 5.74) is 3.20. The highest BCUT2D eigenvalue weighted by Crippen LogP contribution is 2.31. The second kappa shape index (κ2) is 5.41. The minimum absolute atomic E-state index is 0.0701. The first kappa shape index (κ1) is 14.8. The summed E-state index contributed by atoms with van der Waals surface area (Å²) in [7, 11) is 0. The largest absolute Gasteiger partial charge is 0.294 e. The Morgan fingerprint density at radius 2 is 1.44 bits per heavy atom. The number of hydrogen-bond acceptors (Lipinski definition) is 5. The minimum atomic E-state index is -0.574. The molecule has 3 aromatic carbocycles. The molecule has 1 heterocycles. The fourth-order valence-corrected chi connectivity index (χ4v) is 2.98. The van der Waals surface area contributed by atoms with E-state index < -0.39 is 16.7 Å². The van der Waals surface area contributed by atoms with Crippen molar-refractivity contribution in [3.05, 3.63) is 81.9 Å². The molecule has 0 radical (unpaired) electrons. The Kier molecular flexibility index (Phi) is 3.21. The van der Waals surface area contributed by atoms with Crippen LogP contribution in [0.15, 0.2) is 60.7 Å². The molecule has 7 heteroatoms. The van der Waals surface area contributed by atoms with Crippen molar-refractivity contribution in [2.24, 2.45) is 0 Å². The van der Waals surface area contributed by atoms with Crippen LogP contribution in [0.1, 0.15) is 20.7 Å². The van der Waals surface area contributed by atoms with E-state index in [0.29, 0.717) is 16.5 Å². The molecule has 0 bridgehead atoms. The number of carbonyl (C=O) groups excluding carboxylic acids is 2. The van der Waals surface area contributed by atoms with Crippen LogP contribution in [0.4, 0.5) is 11.4 Å². The van der Waals surface area contributed by atoms with Gasteiger partial charge in [-0.05, 0) is 23.6 Å². The predicted molar refractivity (Wildman–Crippen MR) is 91.2 cm³/mol. The van der Waals surface area contributed by atoms with Crippen molar-refractivity contribution < 1.29 is 14.5 Å². The van der Waals surface area contributed by atoms with Gasteiger partial charge >= 0.3 is 0 Å². The Morgan fingerprint density at radius 3 is 2.04 bits per heavy atom. The minimum Gasteiger partial charge on any atom is -0.282 e. The normalized spacial score (nSPS) is 13.2.